The molecule has 1 saturated carbocycles. The van der Waals surface area contributed by atoms with Crippen LogP contribution in [0, 0.1) is 5.92 Å². The Balaban J connectivity index is 1.31. The topological polar surface area (TPSA) is 72.7 Å². The first-order valence-electron chi connectivity index (χ1n) is 10.4. The summed E-state index contributed by atoms with van der Waals surface area (Å²) in [6.07, 6.45) is 9.01. The monoisotopic (exact) mass is 429 g/mol. The molecule has 0 aliphatic heterocycles. The number of carbonyl (C=O) groups is 1. The van der Waals surface area contributed by atoms with E-state index in [0.717, 1.165) is 40.1 Å². The maximum atomic E-state index is 12.4. The minimum atomic E-state index is -0.0662. The standard InChI is InChI=1S/C21H27N5OS2/c1-2-26-18(13-12-15-8-4-3-5-9-15)24-25-21(26)28-14-19(27)23-20-22-16-10-6-7-11-17(16)29-20/h6-7,10-11,15H,2-5,8-9,12-14H2,1H3,(H,22,23,27). The lowest BCUT2D eigenvalue weighted by molar-refractivity contribution is -0.113. The summed E-state index contributed by atoms with van der Waals surface area (Å²) in [5.41, 5.74) is 0.911. The van der Waals surface area contributed by atoms with Crippen molar-refractivity contribution in [2.24, 2.45) is 5.92 Å². The van der Waals surface area contributed by atoms with Crippen molar-refractivity contribution in [3.63, 3.8) is 0 Å². The SMILES string of the molecule is CCn1c(CCC2CCCCC2)nnc1SCC(=O)Nc1nc2ccccc2s1. The summed E-state index contributed by atoms with van der Waals surface area (Å²) in [6.45, 7) is 2.94. The van der Waals surface area contributed by atoms with Gasteiger partial charge in [-0.2, -0.15) is 0 Å². The molecule has 3 aromatic rings. The Kier molecular flexibility index (Phi) is 6.82. The molecule has 1 aromatic carbocycles. The Morgan fingerprint density at radius 2 is 2.07 bits per heavy atom. The first-order chi connectivity index (χ1) is 14.2. The van der Waals surface area contributed by atoms with Crippen LogP contribution < -0.4 is 5.32 Å². The van der Waals surface area contributed by atoms with E-state index in [1.54, 1.807) is 0 Å². The van der Waals surface area contributed by atoms with Crippen molar-refractivity contribution in [3.05, 3.63) is 30.1 Å². The van der Waals surface area contributed by atoms with E-state index in [1.807, 2.05) is 24.3 Å². The van der Waals surface area contributed by atoms with E-state index in [4.69, 9.17) is 0 Å². The normalized spacial score (nSPS) is 15.1. The van der Waals surface area contributed by atoms with E-state index in [0.29, 0.717) is 10.9 Å². The predicted octanol–water partition coefficient (Wildman–Crippen LogP) is 5.15. The van der Waals surface area contributed by atoms with E-state index in [9.17, 15) is 4.79 Å². The van der Waals surface area contributed by atoms with E-state index in [1.165, 1.54) is 61.6 Å². The van der Waals surface area contributed by atoms with Gasteiger partial charge in [-0.3, -0.25) is 4.79 Å². The zero-order chi connectivity index (χ0) is 20.1. The fourth-order valence-corrected chi connectivity index (χ4v) is 5.65. The maximum Gasteiger partial charge on any atom is 0.236 e. The van der Waals surface area contributed by atoms with Gasteiger partial charge in [-0.15, -0.1) is 10.2 Å². The minimum Gasteiger partial charge on any atom is -0.306 e. The second-order valence-electron chi connectivity index (χ2n) is 7.51. The third-order valence-corrected chi connectivity index (χ3v) is 7.40. The Labute approximate surface area is 179 Å². The molecule has 0 saturated heterocycles. The number of fused-ring (bicyclic) bond motifs is 1. The van der Waals surface area contributed by atoms with Crippen LogP contribution in [0.1, 0.15) is 51.3 Å². The van der Waals surface area contributed by atoms with Gasteiger partial charge in [0, 0.05) is 13.0 Å². The molecule has 2 aromatic heterocycles. The quantitative estimate of drug-likeness (QED) is 0.501. The second kappa shape index (κ2) is 9.71. The number of rotatable bonds is 8. The number of hydrogen-bond donors (Lipinski definition) is 1. The molecule has 0 spiro atoms. The minimum absolute atomic E-state index is 0.0662. The third kappa shape index (κ3) is 5.17. The van der Waals surface area contributed by atoms with Crippen molar-refractivity contribution in [2.45, 2.75) is 63.6 Å². The van der Waals surface area contributed by atoms with Crippen molar-refractivity contribution in [2.75, 3.05) is 11.1 Å². The molecule has 1 aliphatic rings. The van der Waals surface area contributed by atoms with Gasteiger partial charge in [0.1, 0.15) is 5.82 Å². The number of amides is 1. The highest BCUT2D eigenvalue weighted by atomic mass is 32.2. The maximum absolute atomic E-state index is 12.4. The fraction of sp³-hybridized carbons (Fsp3) is 0.524. The molecule has 6 nitrogen and oxygen atoms in total. The Hall–Kier alpha value is -1.93. The largest absolute Gasteiger partial charge is 0.306 e. The van der Waals surface area contributed by atoms with Crippen LogP contribution in [0.15, 0.2) is 29.4 Å². The Morgan fingerprint density at radius 3 is 2.86 bits per heavy atom. The molecule has 1 amide bonds. The van der Waals surface area contributed by atoms with Gasteiger partial charge in [-0.1, -0.05) is 67.3 Å². The van der Waals surface area contributed by atoms with Crippen LogP contribution in [0.3, 0.4) is 0 Å². The number of nitrogens with zero attached hydrogens (tertiary/aromatic N) is 4. The van der Waals surface area contributed by atoms with Gasteiger partial charge in [-0.25, -0.2) is 4.98 Å². The van der Waals surface area contributed by atoms with Gasteiger partial charge in [0.25, 0.3) is 0 Å². The highest BCUT2D eigenvalue weighted by Crippen LogP contribution is 2.28. The first-order valence-corrected chi connectivity index (χ1v) is 12.2. The average Bonchev–Trinajstić information content (AvgIpc) is 3.34. The van der Waals surface area contributed by atoms with Crippen LogP contribution in [-0.2, 0) is 17.8 Å². The second-order valence-corrected chi connectivity index (χ2v) is 9.48. The molecular formula is C21H27N5OS2. The molecule has 1 aliphatic carbocycles. The summed E-state index contributed by atoms with van der Waals surface area (Å²) in [7, 11) is 0. The van der Waals surface area contributed by atoms with Crippen LogP contribution in [0.5, 0.6) is 0 Å². The molecule has 154 valence electrons. The molecule has 29 heavy (non-hydrogen) atoms. The molecule has 4 rings (SSSR count). The lowest BCUT2D eigenvalue weighted by Crippen LogP contribution is -2.14. The Morgan fingerprint density at radius 1 is 1.24 bits per heavy atom. The highest BCUT2D eigenvalue weighted by molar-refractivity contribution is 7.99. The summed E-state index contributed by atoms with van der Waals surface area (Å²) < 4.78 is 3.22. The van der Waals surface area contributed by atoms with Crippen molar-refractivity contribution in [1.29, 1.82) is 0 Å². The summed E-state index contributed by atoms with van der Waals surface area (Å²) in [4.78, 5) is 16.8. The van der Waals surface area contributed by atoms with Crippen molar-refractivity contribution < 1.29 is 4.79 Å². The number of aromatic nitrogens is 4. The third-order valence-electron chi connectivity index (χ3n) is 5.48. The van der Waals surface area contributed by atoms with Crippen LogP contribution in [-0.4, -0.2) is 31.4 Å². The van der Waals surface area contributed by atoms with E-state index in [2.05, 4.69) is 32.0 Å². The van der Waals surface area contributed by atoms with Crippen LogP contribution >= 0.6 is 23.1 Å². The molecular weight excluding hydrogens is 402 g/mol. The summed E-state index contributed by atoms with van der Waals surface area (Å²) in [5, 5.41) is 13.1. The number of anilines is 1. The van der Waals surface area contributed by atoms with E-state index >= 15 is 0 Å². The van der Waals surface area contributed by atoms with E-state index in [-0.39, 0.29) is 5.91 Å². The molecule has 0 radical (unpaired) electrons. The molecule has 1 N–H and O–H groups in total. The molecule has 0 unspecified atom stereocenters. The first kappa shape index (κ1) is 20.3. The number of thioether (sulfide) groups is 1. The van der Waals surface area contributed by atoms with Crippen LogP contribution in [0.4, 0.5) is 5.13 Å². The zero-order valence-electron chi connectivity index (χ0n) is 16.8. The number of aryl methyl sites for hydroxylation is 1. The molecule has 1 fully saturated rings. The summed E-state index contributed by atoms with van der Waals surface area (Å²) >= 11 is 2.94. The van der Waals surface area contributed by atoms with Crippen LogP contribution in [0.25, 0.3) is 10.2 Å². The Bertz CT molecular complexity index is 928. The van der Waals surface area contributed by atoms with Gasteiger partial charge in [-0.05, 0) is 31.4 Å². The van der Waals surface area contributed by atoms with Gasteiger partial charge in [0.05, 0.1) is 16.0 Å². The number of thiazole rings is 1. The zero-order valence-corrected chi connectivity index (χ0v) is 18.4. The van der Waals surface area contributed by atoms with Gasteiger partial charge in [0.15, 0.2) is 10.3 Å². The van der Waals surface area contributed by atoms with Crippen molar-refractivity contribution >= 4 is 44.4 Å². The fourth-order valence-electron chi connectivity index (χ4n) is 3.95. The van der Waals surface area contributed by atoms with Crippen molar-refractivity contribution in [3.8, 4) is 0 Å². The number of nitrogens with one attached hydrogen (secondary N) is 1. The molecule has 0 bridgehead atoms. The number of hydrogen-bond acceptors (Lipinski definition) is 6. The highest BCUT2D eigenvalue weighted by Gasteiger charge is 2.17. The van der Waals surface area contributed by atoms with Crippen LogP contribution in [0.2, 0.25) is 0 Å². The average molecular weight is 430 g/mol. The number of carbonyl (C=O) groups excluding carboxylic acids is 1. The van der Waals surface area contributed by atoms with Crippen molar-refractivity contribution in [1.82, 2.24) is 19.7 Å². The summed E-state index contributed by atoms with van der Waals surface area (Å²) in [6, 6.07) is 7.89. The van der Waals surface area contributed by atoms with Gasteiger partial charge >= 0.3 is 0 Å². The smallest absolute Gasteiger partial charge is 0.236 e. The lowest BCUT2D eigenvalue weighted by Gasteiger charge is -2.21. The number of benzene rings is 1. The molecule has 2 heterocycles. The van der Waals surface area contributed by atoms with Gasteiger partial charge in [0.2, 0.25) is 5.91 Å². The molecule has 0 atom stereocenters. The van der Waals surface area contributed by atoms with Gasteiger partial charge < -0.3 is 9.88 Å². The molecule has 8 heteroatoms. The van der Waals surface area contributed by atoms with E-state index < -0.39 is 0 Å². The lowest BCUT2D eigenvalue weighted by atomic mass is 9.86. The number of para-hydroxylation sites is 1. The predicted molar refractivity (Wildman–Crippen MR) is 120 cm³/mol. The summed E-state index contributed by atoms with van der Waals surface area (Å²) in [5.74, 6) is 2.12.